The summed E-state index contributed by atoms with van der Waals surface area (Å²) >= 11 is 0. The standard InChI is InChI=1S/C18H15N3O2/c22-17(23)18(16-6-3-9-19-21-20-16)8-7-15-13(11-18)10-12-4-1-2-5-14(12)15/h1-9H,10-11H2,(H,19,20)(H,22,23). The van der Waals surface area contributed by atoms with Gasteiger partial charge in [0, 0.05) is 6.20 Å². The van der Waals surface area contributed by atoms with Crippen LogP contribution < -0.4 is 5.43 Å². The van der Waals surface area contributed by atoms with E-state index in [9.17, 15) is 9.90 Å². The third-order valence-corrected chi connectivity index (χ3v) is 4.60. The van der Waals surface area contributed by atoms with Gasteiger partial charge in [-0.3, -0.25) is 10.2 Å². The van der Waals surface area contributed by atoms with Gasteiger partial charge in [0.05, 0.1) is 5.70 Å². The highest BCUT2D eigenvalue weighted by atomic mass is 16.4. The molecule has 0 aromatic heterocycles. The molecule has 2 aliphatic carbocycles. The lowest BCUT2D eigenvalue weighted by atomic mass is 9.74. The molecule has 5 heteroatoms. The second-order valence-electron chi connectivity index (χ2n) is 5.88. The van der Waals surface area contributed by atoms with Crippen LogP contribution in [-0.4, -0.2) is 11.1 Å². The van der Waals surface area contributed by atoms with Crippen LogP contribution in [0.15, 0.2) is 76.4 Å². The third kappa shape index (κ3) is 2.04. The van der Waals surface area contributed by atoms with Crippen molar-refractivity contribution in [3.63, 3.8) is 0 Å². The van der Waals surface area contributed by atoms with Crippen LogP contribution in [0.5, 0.6) is 0 Å². The largest absolute Gasteiger partial charge is 0.480 e. The molecule has 0 bridgehead atoms. The summed E-state index contributed by atoms with van der Waals surface area (Å²) < 4.78 is 0. The van der Waals surface area contributed by atoms with Gasteiger partial charge < -0.3 is 5.11 Å². The zero-order valence-corrected chi connectivity index (χ0v) is 12.4. The molecule has 1 atom stereocenters. The van der Waals surface area contributed by atoms with Crippen LogP contribution in [0.2, 0.25) is 0 Å². The Kier molecular flexibility index (Phi) is 3.01. The maximum Gasteiger partial charge on any atom is 0.320 e. The van der Waals surface area contributed by atoms with E-state index in [0.717, 1.165) is 17.6 Å². The fraction of sp³-hybridized carbons (Fsp3) is 0.167. The first-order chi connectivity index (χ1) is 11.2. The van der Waals surface area contributed by atoms with Gasteiger partial charge in [0.25, 0.3) is 0 Å². The minimum absolute atomic E-state index is 0.418. The molecule has 114 valence electrons. The average Bonchev–Trinajstić information content (AvgIpc) is 2.72. The van der Waals surface area contributed by atoms with Crippen molar-refractivity contribution in [1.29, 1.82) is 0 Å². The second kappa shape index (κ2) is 5.05. The van der Waals surface area contributed by atoms with Gasteiger partial charge in [-0.25, -0.2) is 0 Å². The van der Waals surface area contributed by atoms with Crippen LogP contribution in [0.25, 0.3) is 5.57 Å². The van der Waals surface area contributed by atoms with Crippen molar-refractivity contribution in [2.24, 2.45) is 15.8 Å². The number of carbonyl (C=O) groups is 1. The summed E-state index contributed by atoms with van der Waals surface area (Å²) in [5.41, 5.74) is 6.65. The summed E-state index contributed by atoms with van der Waals surface area (Å²) in [4.78, 5) is 12.1. The molecule has 5 nitrogen and oxygen atoms in total. The molecular formula is C18H15N3O2. The molecular weight excluding hydrogens is 290 g/mol. The molecule has 1 aromatic carbocycles. The number of hydrogen-bond donors (Lipinski definition) is 2. The Morgan fingerprint density at radius 3 is 3.04 bits per heavy atom. The monoisotopic (exact) mass is 305 g/mol. The lowest BCUT2D eigenvalue weighted by Crippen LogP contribution is -2.32. The van der Waals surface area contributed by atoms with Gasteiger partial charge in [-0.2, -0.15) is 0 Å². The molecule has 1 unspecified atom stereocenters. The smallest absolute Gasteiger partial charge is 0.320 e. The Bertz CT molecular complexity index is 846. The number of rotatable bonds is 2. The molecule has 4 rings (SSSR count). The number of carboxylic acids is 1. The van der Waals surface area contributed by atoms with Crippen molar-refractivity contribution in [1.82, 2.24) is 5.43 Å². The Labute approximate surface area is 133 Å². The van der Waals surface area contributed by atoms with Crippen molar-refractivity contribution >= 4 is 11.5 Å². The minimum atomic E-state index is -1.17. The lowest BCUT2D eigenvalue weighted by molar-refractivity contribution is -0.144. The summed E-state index contributed by atoms with van der Waals surface area (Å²) in [5, 5.41) is 17.8. The molecule has 1 heterocycles. The molecule has 3 aliphatic rings. The van der Waals surface area contributed by atoms with E-state index in [4.69, 9.17) is 0 Å². The number of carboxylic acid groups (broad SMARTS) is 1. The molecule has 0 spiro atoms. The van der Waals surface area contributed by atoms with Gasteiger partial charge in [-0.15, -0.1) is 5.11 Å². The van der Waals surface area contributed by atoms with Crippen molar-refractivity contribution in [2.75, 3.05) is 0 Å². The van der Waals surface area contributed by atoms with E-state index >= 15 is 0 Å². The van der Waals surface area contributed by atoms with Gasteiger partial charge in [0.1, 0.15) is 5.41 Å². The zero-order chi connectivity index (χ0) is 15.9. The number of aliphatic carboxylic acids is 1. The summed E-state index contributed by atoms with van der Waals surface area (Å²) in [7, 11) is 0. The van der Waals surface area contributed by atoms with E-state index in [2.05, 4.69) is 27.9 Å². The quantitative estimate of drug-likeness (QED) is 0.879. The van der Waals surface area contributed by atoms with Gasteiger partial charge >= 0.3 is 5.97 Å². The SMILES string of the molecule is O=C(O)C1(C2=CC=CNN=N2)C=CC2=C(Cc3ccccc32)C1. The summed E-state index contributed by atoms with van der Waals surface area (Å²) in [6.45, 7) is 0. The Balaban J connectivity index is 1.77. The first kappa shape index (κ1) is 13.7. The van der Waals surface area contributed by atoms with Crippen LogP contribution in [0.4, 0.5) is 0 Å². The summed E-state index contributed by atoms with van der Waals surface area (Å²) in [5.74, 6) is -0.906. The fourth-order valence-corrected chi connectivity index (χ4v) is 3.44. The second-order valence-corrected chi connectivity index (χ2v) is 5.88. The summed E-state index contributed by atoms with van der Waals surface area (Å²) in [6, 6.07) is 8.22. The first-order valence-electron chi connectivity index (χ1n) is 7.47. The maximum atomic E-state index is 12.1. The molecule has 0 amide bonds. The van der Waals surface area contributed by atoms with Gasteiger partial charge in [-0.05, 0) is 41.7 Å². The highest BCUT2D eigenvalue weighted by Crippen LogP contribution is 2.48. The number of nitrogens with zero attached hydrogens (tertiary/aromatic N) is 2. The predicted octanol–water partition coefficient (Wildman–Crippen LogP) is 3.40. The number of hydrogen-bond acceptors (Lipinski definition) is 4. The minimum Gasteiger partial charge on any atom is -0.480 e. The molecule has 0 radical (unpaired) electrons. The highest BCUT2D eigenvalue weighted by Gasteiger charge is 2.44. The maximum absolute atomic E-state index is 12.1. The van der Waals surface area contributed by atoms with E-state index in [1.807, 2.05) is 18.2 Å². The van der Waals surface area contributed by atoms with Crippen molar-refractivity contribution < 1.29 is 9.90 Å². The number of nitrogens with one attached hydrogen (secondary N) is 1. The molecule has 0 saturated heterocycles. The molecule has 1 aliphatic heterocycles. The van der Waals surface area contributed by atoms with E-state index in [1.165, 1.54) is 11.1 Å². The first-order valence-corrected chi connectivity index (χ1v) is 7.47. The fourth-order valence-electron chi connectivity index (χ4n) is 3.44. The van der Waals surface area contributed by atoms with E-state index in [0.29, 0.717) is 12.1 Å². The number of fused-ring (bicyclic) bond motifs is 2. The van der Waals surface area contributed by atoms with E-state index in [1.54, 1.807) is 24.4 Å². The Morgan fingerprint density at radius 2 is 2.17 bits per heavy atom. The topological polar surface area (TPSA) is 74.0 Å². The molecule has 23 heavy (non-hydrogen) atoms. The average molecular weight is 305 g/mol. The van der Waals surface area contributed by atoms with Gasteiger partial charge in [0.2, 0.25) is 0 Å². The number of benzene rings is 1. The zero-order valence-electron chi connectivity index (χ0n) is 12.4. The predicted molar refractivity (Wildman–Crippen MR) is 86.1 cm³/mol. The third-order valence-electron chi connectivity index (χ3n) is 4.60. The Hall–Kier alpha value is -2.95. The van der Waals surface area contributed by atoms with Crippen LogP contribution >= 0.6 is 0 Å². The van der Waals surface area contributed by atoms with Crippen LogP contribution in [0.1, 0.15) is 17.5 Å². The van der Waals surface area contributed by atoms with Crippen molar-refractivity contribution in [2.45, 2.75) is 12.8 Å². The van der Waals surface area contributed by atoms with Crippen LogP contribution in [-0.2, 0) is 11.2 Å². The van der Waals surface area contributed by atoms with Gasteiger partial charge in [0.15, 0.2) is 0 Å². The van der Waals surface area contributed by atoms with Crippen molar-refractivity contribution in [3.8, 4) is 0 Å². The van der Waals surface area contributed by atoms with E-state index < -0.39 is 11.4 Å². The normalized spacial score (nSPS) is 24.6. The Morgan fingerprint density at radius 1 is 1.30 bits per heavy atom. The molecule has 1 aromatic rings. The van der Waals surface area contributed by atoms with Crippen LogP contribution in [0.3, 0.4) is 0 Å². The number of allylic oxidation sites excluding steroid dienone is 5. The van der Waals surface area contributed by atoms with E-state index in [-0.39, 0.29) is 0 Å². The lowest BCUT2D eigenvalue weighted by Gasteiger charge is -2.29. The summed E-state index contributed by atoms with van der Waals surface area (Å²) in [6.07, 6.45) is 9.94. The van der Waals surface area contributed by atoms with Crippen molar-refractivity contribution in [3.05, 3.63) is 77.2 Å². The van der Waals surface area contributed by atoms with Crippen LogP contribution in [0, 0.1) is 5.41 Å². The van der Waals surface area contributed by atoms with Gasteiger partial charge in [-0.1, -0.05) is 47.2 Å². The molecule has 2 N–H and O–H groups in total. The molecule has 0 fully saturated rings. The highest BCUT2D eigenvalue weighted by molar-refractivity contribution is 5.90. The molecule has 0 saturated carbocycles.